The van der Waals surface area contributed by atoms with E-state index in [-0.39, 0.29) is 0 Å². The van der Waals surface area contributed by atoms with Gasteiger partial charge in [-0.2, -0.15) is 0 Å². The van der Waals surface area contributed by atoms with E-state index in [1.165, 1.54) is 0 Å². The van der Waals surface area contributed by atoms with Crippen molar-refractivity contribution in [3.05, 3.63) is 27.8 Å². The van der Waals surface area contributed by atoms with Crippen molar-refractivity contribution in [1.29, 1.82) is 0 Å². The Labute approximate surface area is 115 Å². The molecule has 0 aromatic heterocycles. The van der Waals surface area contributed by atoms with Crippen LogP contribution in [0.4, 0.5) is 0 Å². The smallest absolute Gasteiger partial charge is 0.309 e. The molecule has 0 saturated carbocycles. The van der Waals surface area contributed by atoms with Gasteiger partial charge in [-0.05, 0) is 61.4 Å². The molecule has 4 heteroatoms. The molecule has 0 spiro atoms. The summed E-state index contributed by atoms with van der Waals surface area (Å²) in [6.07, 6.45) is 1.36. The Morgan fingerprint density at radius 2 is 2.06 bits per heavy atom. The van der Waals surface area contributed by atoms with E-state index >= 15 is 0 Å². The quantitative estimate of drug-likeness (QED) is 0.632. The number of para-hydroxylation sites is 1. The summed E-state index contributed by atoms with van der Waals surface area (Å²) in [5, 5.41) is 8.96. The second-order valence-electron chi connectivity index (χ2n) is 4.57. The van der Waals surface area contributed by atoms with Crippen molar-refractivity contribution < 1.29 is 14.6 Å². The van der Waals surface area contributed by atoms with E-state index in [2.05, 4.69) is 22.6 Å². The lowest BCUT2D eigenvalue weighted by atomic mass is 9.88. The number of benzene rings is 1. The van der Waals surface area contributed by atoms with Gasteiger partial charge in [-0.25, -0.2) is 0 Å². The second kappa shape index (κ2) is 6.23. The van der Waals surface area contributed by atoms with Gasteiger partial charge in [-0.1, -0.05) is 12.1 Å². The predicted octanol–water partition coefficient (Wildman–Crippen LogP) is 3.56. The highest BCUT2D eigenvalue weighted by Crippen LogP contribution is 2.24. The molecule has 0 radical (unpaired) electrons. The van der Waals surface area contributed by atoms with E-state index in [4.69, 9.17) is 9.84 Å². The molecule has 94 valence electrons. The van der Waals surface area contributed by atoms with Crippen LogP contribution in [-0.2, 0) is 4.79 Å². The molecule has 1 aromatic rings. The number of hydrogen-bond donors (Lipinski definition) is 1. The lowest BCUT2D eigenvalue weighted by molar-refractivity contribution is -0.147. The summed E-state index contributed by atoms with van der Waals surface area (Å²) >= 11 is 2.22. The average Bonchev–Trinajstić information content (AvgIpc) is 2.26. The van der Waals surface area contributed by atoms with Gasteiger partial charge in [0.05, 0.1) is 15.6 Å². The largest absolute Gasteiger partial charge is 0.492 e. The minimum Gasteiger partial charge on any atom is -0.492 e. The second-order valence-corrected chi connectivity index (χ2v) is 5.73. The van der Waals surface area contributed by atoms with E-state index in [1.807, 2.05) is 24.3 Å². The van der Waals surface area contributed by atoms with Crippen molar-refractivity contribution in [3.8, 4) is 5.75 Å². The summed E-state index contributed by atoms with van der Waals surface area (Å²) in [5.41, 5.74) is -0.673. The normalized spacial score (nSPS) is 11.2. The van der Waals surface area contributed by atoms with Gasteiger partial charge in [-0.15, -0.1) is 0 Å². The third-order valence-corrected chi connectivity index (χ3v) is 3.51. The highest BCUT2D eigenvalue weighted by atomic mass is 127. The van der Waals surface area contributed by atoms with Crippen LogP contribution in [-0.4, -0.2) is 17.7 Å². The fraction of sp³-hybridized carbons (Fsp3) is 0.462. The molecule has 0 amide bonds. The number of halogens is 1. The van der Waals surface area contributed by atoms with Gasteiger partial charge >= 0.3 is 5.97 Å². The minimum absolute atomic E-state index is 0.552. The molecule has 3 nitrogen and oxygen atoms in total. The number of rotatable bonds is 6. The molecule has 0 fully saturated rings. The third-order valence-electron chi connectivity index (χ3n) is 2.62. The van der Waals surface area contributed by atoms with Crippen molar-refractivity contribution in [3.63, 3.8) is 0 Å². The lowest BCUT2D eigenvalue weighted by Crippen LogP contribution is -2.24. The van der Waals surface area contributed by atoms with E-state index in [9.17, 15) is 4.79 Å². The minimum atomic E-state index is -0.758. The Kier molecular flexibility index (Phi) is 5.24. The number of carboxylic acid groups (broad SMARTS) is 1. The molecule has 0 atom stereocenters. The fourth-order valence-corrected chi connectivity index (χ4v) is 1.91. The molecule has 1 rings (SSSR count). The van der Waals surface area contributed by atoms with E-state index in [0.29, 0.717) is 13.0 Å². The average molecular weight is 348 g/mol. The van der Waals surface area contributed by atoms with Crippen LogP contribution in [0, 0.1) is 8.99 Å². The summed E-state index contributed by atoms with van der Waals surface area (Å²) in [6, 6.07) is 7.79. The first-order valence-corrected chi connectivity index (χ1v) is 6.62. The van der Waals surface area contributed by atoms with Crippen LogP contribution in [0.1, 0.15) is 26.7 Å². The maximum absolute atomic E-state index is 10.9. The number of carbonyl (C=O) groups is 1. The maximum Gasteiger partial charge on any atom is 0.309 e. The van der Waals surface area contributed by atoms with Crippen molar-refractivity contribution in [2.75, 3.05) is 6.61 Å². The summed E-state index contributed by atoms with van der Waals surface area (Å²) < 4.78 is 6.68. The molecule has 0 aliphatic heterocycles. The lowest BCUT2D eigenvalue weighted by Gasteiger charge is -2.18. The van der Waals surface area contributed by atoms with Gasteiger partial charge in [0, 0.05) is 0 Å². The first kappa shape index (κ1) is 14.3. The van der Waals surface area contributed by atoms with Gasteiger partial charge in [0.15, 0.2) is 0 Å². The Morgan fingerprint density at radius 1 is 1.41 bits per heavy atom. The van der Waals surface area contributed by atoms with Crippen LogP contribution in [0.3, 0.4) is 0 Å². The number of aliphatic carboxylic acids is 1. The summed E-state index contributed by atoms with van der Waals surface area (Å²) in [4.78, 5) is 10.9. The van der Waals surface area contributed by atoms with Gasteiger partial charge in [0.1, 0.15) is 5.75 Å². The zero-order chi connectivity index (χ0) is 12.9. The summed E-state index contributed by atoms with van der Waals surface area (Å²) in [5.74, 6) is 0.105. The molecular weight excluding hydrogens is 331 g/mol. The van der Waals surface area contributed by atoms with Gasteiger partial charge in [-0.3, -0.25) is 4.79 Å². The molecule has 1 N–H and O–H groups in total. The molecule has 0 aliphatic carbocycles. The number of carboxylic acids is 1. The first-order chi connectivity index (χ1) is 7.93. The molecule has 0 unspecified atom stereocenters. The van der Waals surface area contributed by atoms with Gasteiger partial charge in [0.25, 0.3) is 0 Å². The monoisotopic (exact) mass is 348 g/mol. The molecule has 0 saturated heterocycles. The van der Waals surface area contributed by atoms with Crippen LogP contribution in [0.2, 0.25) is 0 Å². The van der Waals surface area contributed by atoms with Crippen LogP contribution in [0.15, 0.2) is 24.3 Å². The number of hydrogen-bond acceptors (Lipinski definition) is 2. The zero-order valence-corrected chi connectivity index (χ0v) is 12.2. The van der Waals surface area contributed by atoms with Crippen LogP contribution >= 0.6 is 22.6 Å². The Balaban J connectivity index is 2.35. The molecule has 17 heavy (non-hydrogen) atoms. The molecule has 0 bridgehead atoms. The Morgan fingerprint density at radius 3 is 2.65 bits per heavy atom. The SMILES string of the molecule is CC(C)(CCCOc1ccccc1I)C(=O)O. The summed E-state index contributed by atoms with van der Waals surface area (Å²) in [7, 11) is 0. The standard InChI is InChI=1S/C13H17IO3/c1-13(2,12(15)16)8-5-9-17-11-7-4-3-6-10(11)14/h3-4,6-7H,5,8-9H2,1-2H3,(H,15,16). The maximum atomic E-state index is 10.9. The highest BCUT2D eigenvalue weighted by Gasteiger charge is 2.26. The van der Waals surface area contributed by atoms with E-state index < -0.39 is 11.4 Å². The van der Waals surface area contributed by atoms with E-state index in [1.54, 1.807) is 13.8 Å². The van der Waals surface area contributed by atoms with Crippen LogP contribution in [0.25, 0.3) is 0 Å². The first-order valence-electron chi connectivity index (χ1n) is 5.54. The van der Waals surface area contributed by atoms with Gasteiger partial charge < -0.3 is 9.84 Å². The van der Waals surface area contributed by atoms with Gasteiger partial charge in [0.2, 0.25) is 0 Å². The van der Waals surface area contributed by atoms with Crippen molar-refractivity contribution in [2.45, 2.75) is 26.7 Å². The van der Waals surface area contributed by atoms with Crippen molar-refractivity contribution in [2.24, 2.45) is 5.41 Å². The molecule has 0 aliphatic rings. The van der Waals surface area contributed by atoms with Crippen molar-refractivity contribution in [1.82, 2.24) is 0 Å². The number of ether oxygens (including phenoxy) is 1. The molecule has 0 heterocycles. The molecular formula is C13H17IO3. The molecule has 1 aromatic carbocycles. The van der Waals surface area contributed by atoms with Crippen LogP contribution in [0.5, 0.6) is 5.75 Å². The summed E-state index contributed by atoms with van der Waals surface area (Å²) in [6.45, 7) is 4.03. The Bertz CT molecular complexity index is 388. The fourth-order valence-electron chi connectivity index (χ4n) is 1.36. The van der Waals surface area contributed by atoms with E-state index in [0.717, 1.165) is 15.7 Å². The predicted molar refractivity (Wildman–Crippen MR) is 75.3 cm³/mol. The zero-order valence-electron chi connectivity index (χ0n) is 10.1. The van der Waals surface area contributed by atoms with Crippen molar-refractivity contribution >= 4 is 28.6 Å². The Hall–Kier alpha value is -0.780. The highest BCUT2D eigenvalue weighted by molar-refractivity contribution is 14.1. The topological polar surface area (TPSA) is 46.5 Å². The van der Waals surface area contributed by atoms with Crippen LogP contribution < -0.4 is 4.74 Å². The third kappa shape index (κ3) is 4.53.